The Morgan fingerprint density at radius 1 is 1.11 bits per heavy atom. The summed E-state index contributed by atoms with van der Waals surface area (Å²) in [4.78, 5) is 4.36. The second-order valence-electron chi connectivity index (χ2n) is 3.95. The third kappa shape index (κ3) is 1.82. The summed E-state index contributed by atoms with van der Waals surface area (Å²) >= 11 is 12.1. The summed E-state index contributed by atoms with van der Waals surface area (Å²) in [7, 11) is 0. The molecule has 0 fully saturated rings. The Bertz CT molecular complexity index is 734. The van der Waals surface area contributed by atoms with Crippen molar-refractivity contribution in [3.63, 3.8) is 0 Å². The van der Waals surface area contributed by atoms with Gasteiger partial charge in [0, 0.05) is 22.5 Å². The van der Waals surface area contributed by atoms with Crippen LogP contribution >= 0.6 is 23.2 Å². The van der Waals surface area contributed by atoms with Crippen molar-refractivity contribution in [2.24, 2.45) is 0 Å². The maximum absolute atomic E-state index is 6.12. The highest BCUT2D eigenvalue weighted by molar-refractivity contribution is 6.33. The molecule has 18 heavy (non-hydrogen) atoms. The van der Waals surface area contributed by atoms with Crippen LogP contribution in [0.15, 0.2) is 42.6 Å². The summed E-state index contributed by atoms with van der Waals surface area (Å²) in [6, 6.07) is 11.1. The van der Waals surface area contributed by atoms with Gasteiger partial charge >= 0.3 is 0 Å². The van der Waals surface area contributed by atoms with Crippen molar-refractivity contribution in [3.05, 3.63) is 52.8 Å². The van der Waals surface area contributed by atoms with Gasteiger partial charge in [0.25, 0.3) is 0 Å². The number of fused-ring (bicyclic) bond motifs is 1. The Kier molecular flexibility index (Phi) is 2.65. The second-order valence-corrected chi connectivity index (χ2v) is 4.75. The lowest BCUT2D eigenvalue weighted by Crippen LogP contribution is -1.91. The lowest BCUT2D eigenvalue weighted by atomic mass is 10.2. The first-order valence-corrected chi connectivity index (χ1v) is 6.10. The molecule has 0 saturated heterocycles. The third-order valence-corrected chi connectivity index (χ3v) is 3.22. The number of hydrogen-bond acceptors (Lipinski definition) is 2. The van der Waals surface area contributed by atoms with E-state index in [1.54, 1.807) is 12.1 Å². The fourth-order valence-corrected chi connectivity index (χ4v) is 2.31. The van der Waals surface area contributed by atoms with E-state index in [1.165, 1.54) is 0 Å². The van der Waals surface area contributed by atoms with Crippen molar-refractivity contribution in [3.8, 4) is 11.4 Å². The number of benzene rings is 1. The van der Waals surface area contributed by atoms with Crippen molar-refractivity contribution in [1.29, 1.82) is 0 Å². The number of halogens is 2. The normalized spacial score (nSPS) is 11.0. The number of pyridine rings is 1. The van der Waals surface area contributed by atoms with Crippen LogP contribution < -0.4 is 5.73 Å². The smallest absolute Gasteiger partial charge is 0.155 e. The standard InChI is InChI=1S/C13H9Cl2N3/c14-9-3-1-2-8(6-9)13-17-12(15)11-7-10(16)4-5-18(11)13/h1-7H,16H2. The summed E-state index contributed by atoms with van der Waals surface area (Å²) in [5.41, 5.74) is 8.09. The highest BCUT2D eigenvalue weighted by Gasteiger charge is 2.11. The maximum atomic E-state index is 6.12. The minimum Gasteiger partial charge on any atom is -0.399 e. The van der Waals surface area contributed by atoms with Crippen LogP contribution in [0, 0.1) is 0 Å². The zero-order valence-electron chi connectivity index (χ0n) is 9.27. The summed E-state index contributed by atoms with van der Waals surface area (Å²) in [5, 5.41) is 1.09. The van der Waals surface area contributed by atoms with E-state index in [1.807, 2.05) is 34.9 Å². The summed E-state index contributed by atoms with van der Waals surface area (Å²) < 4.78 is 1.89. The molecule has 0 aliphatic rings. The highest BCUT2D eigenvalue weighted by atomic mass is 35.5. The van der Waals surface area contributed by atoms with Crippen molar-refractivity contribution < 1.29 is 0 Å². The number of nitrogens with zero attached hydrogens (tertiary/aromatic N) is 2. The van der Waals surface area contributed by atoms with Crippen LogP contribution in [-0.4, -0.2) is 9.38 Å². The van der Waals surface area contributed by atoms with Crippen LogP contribution in [0.25, 0.3) is 16.9 Å². The van der Waals surface area contributed by atoms with Crippen LogP contribution in [0.3, 0.4) is 0 Å². The Hall–Kier alpha value is -1.71. The molecule has 0 spiro atoms. The SMILES string of the molecule is Nc1ccn2c(-c3cccc(Cl)c3)nc(Cl)c2c1. The molecule has 0 atom stereocenters. The number of hydrogen-bond donors (Lipinski definition) is 1. The summed E-state index contributed by atoms with van der Waals surface area (Å²) in [5.74, 6) is 0.748. The largest absolute Gasteiger partial charge is 0.399 e. The third-order valence-electron chi connectivity index (χ3n) is 2.71. The molecule has 0 amide bonds. The Morgan fingerprint density at radius 2 is 1.94 bits per heavy atom. The lowest BCUT2D eigenvalue weighted by Gasteiger charge is -2.02. The first kappa shape index (κ1) is 11.4. The fourth-order valence-electron chi connectivity index (χ4n) is 1.90. The van der Waals surface area contributed by atoms with Gasteiger partial charge in [-0.25, -0.2) is 4.98 Å². The van der Waals surface area contributed by atoms with Crippen molar-refractivity contribution in [2.45, 2.75) is 0 Å². The van der Waals surface area contributed by atoms with E-state index in [2.05, 4.69) is 4.98 Å². The Labute approximate surface area is 114 Å². The van der Waals surface area contributed by atoms with E-state index in [0.29, 0.717) is 15.9 Å². The number of nitrogens with two attached hydrogens (primary N) is 1. The molecule has 2 N–H and O–H groups in total. The molecule has 0 unspecified atom stereocenters. The zero-order chi connectivity index (χ0) is 12.7. The monoisotopic (exact) mass is 277 g/mol. The van der Waals surface area contributed by atoms with Crippen molar-refractivity contribution in [2.75, 3.05) is 5.73 Å². The van der Waals surface area contributed by atoms with E-state index in [9.17, 15) is 0 Å². The molecule has 2 heterocycles. The molecule has 3 nitrogen and oxygen atoms in total. The van der Waals surface area contributed by atoms with Crippen molar-refractivity contribution in [1.82, 2.24) is 9.38 Å². The molecule has 0 radical (unpaired) electrons. The topological polar surface area (TPSA) is 43.3 Å². The maximum Gasteiger partial charge on any atom is 0.155 e. The predicted molar refractivity (Wildman–Crippen MR) is 75.1 cm³/mol. The van der Waals surface area contributed by atoms with Crippen molar-refractivity contribution >= 4 is 34.4 Å². The molecular weight excluding hydrogens is 269 g/mol. The van der Waals surface area contributed by atoms with Gasteiger partial charge in [-0.3, -0.25) is 4.40 Å². The number of aromatic nitrogens is 2. The van der Waals surface area contributed by atoms with Gasteiger partial charge in [-0.2, -0.15) is 0 Å². The number of nitrogen functional groups attached to an aromatic ring is 1. The molecule has 0 aliphatic carbocycles. The highest BCUT2D eigenvalue weighted by Crippen LogP contribution is 2.28. The first-order chi connectivity index (χ1) is 8.65. The quantitative estimate of drug-likeness (QED) is 0.733. The van der Waals surface area contributed by atoms with Gasteiger partial charge in [0.15, 0.2) is 5.15 Å². The minimum absolute atomic E-state index is 0.428. The molecule has 0 bridgehead atoms. The van der Waals surface area contributed by atoms with Gasteiger partial charge in [-0.05, 0) is 24.3 Å². The van der Waals surface area contributed by atoms with Gasteiger partial charge in [0.1, 0.15) is 5.82 Å². The van der Waals surface area contributed by atoms with Gasteiger partial charge in [0.05, 0.1) is 5.52 Å². The number of rotatable bonds is 1. The van der Waals surface area contributed by atoms with Gasteiger partial charge < -0.3 is 5.73 Å². The Balaban J connectivity index is 2.30. The fraction of sp³-hybridized carbons (Fsp3) is 0. The molecule has 1 aromatic carbocycles. The number of imidazole rings is 1. The molecular formula is C13H9Cl2N3. The Morgan fingerprint density at radius 3 is 2.72 bits per heavy atom. The van der Waals surface area contributed by atoms with Crippen LogP contribution in [0.5, 0.6) is 0 Å². The van der Waals surface area contributed by atoms with E-state index in [0.717, 1.165) is 16.9 Å². The van der Waals surface area contributed by atoms with Gasteiger partial charge in [-0.1, -0.05) is 35.3 Å². The van der Waals surface area contributed by atoms with E-state index < -0.39 is 0 Å². The van der Waals surface area contributed by atoms with Crippen LogP contribution in [0.1, 0.15) is 0 Å². The molecule has 0 aliphatic heterocycles. The van der Waals surface area contributed by atoms with E-state index in [-0.39, 0.29) is 0 Å². The predicted octanol–water partition coefficient (Wildman–Crippen LogP) is 3.89. The average molecular weight is 278 g/mol. The molecule has 2 aromatic heterocycles. The van der Waals surface area contributed by atoms with Gasteiger partial charge in [0.2, 0.25) is 0 Å². The second kappa shape index (κ2) is 4.19. The van der Waals surface area contributed by atoms with E-state index >= 15 is 0 Å². The van der Waals surface area contributed by atoms with Crippen LogP contribution in [0.4, 0.5) is 5.69 Å². The molecule has 3 aromatic rings. The lowest BCUT2D eigenvalue weighted by molar-refractivity contribution is 1.16. The van der Waals surface area contributed by atoms with Crippen LogP contribution in [0.2, 0.25) is 10.2 Å². The molecule has 5 heteroatoms. The molecule has 90 valence electrons. The summed E-state index contributed by atoms with van der Waals surface area (Å²) in [6.07, 6.45) is 1.85. The zero-order valence-corrected chi connectivity index (χ0v) is 10.8. The summed E-state index contributed by atoms with van der Waals surface area (Å²) in [6.45, 7) is 0. The number of anilines is 1. The first-order valence-electron chi connectivity index (χ1n) is 5.34. The average Bonchev–Trinajstić information content (AvgIpc) is 2.67. The molecule has 0 saturated carbocycles. The van der Waals surface area contributed by atoms with Crippen LogP contribution in [-0.2, 0) is 0 Å². The van der Waals surface area contributed by atoms with E-state index in [4.69, 9.17) is 28.9 Å². The minimum atomic E-state index is 0.428. The van der Waals surface area contributed by atoms with Gasteiger partial charge in [-0.15, -0.1) is 0 Å². The molecule has 3 rings (SSSR count).